The fourth-order valence-electron chi connectivity index (χ4n) is 4.75. The van der Waals surface area contributed by atoms with E-state index in [1.165, 1.54) is 31.3 Å². The highest BCUT2D eigenvalue weighted by Gasteiger charge is 2.36. The number of rotatable bonds is 7. The molecule has 0 spiro atoms. The molecule has 1 fully saturated rings. The number of piperidine rings is 1. The van der Waals surface area contributed by atoms with Crippen molar-refractivity contribution in [3.63, 3.8) is 0 Å². The topological polar surface area (TPSA) is 40.5 Å². The standard InChI is InChI=1S/C26H37NO2S2.117H2/c1-16(2)22-18(4)15-30-24(22)21(23-17(3)13-19(5)31-23)9-8-12-27-14-20(25(28)29)10-11-26(27,6)7;;;;;;;;;;;;;;;;;;;;;;;;;;;;;;;;;;;;;;;;;;;;;;;;;;;;;;;;;;;;;;;;;;;;;;;;;;;;;;;;;;;;;;;;;;;;;;;;;;;;;;;;;;;;;;;;;;;;;/h9,13,15-16,20H,8,10-12,14H2,1-7H3,(H,28,29);117*1H/b21-9-;;;;;;;;;;;;;;;;;;;;;;;;;;;;;;;;;;;;;;;;;;;;;;;;;;;;;;;;;;;;;;;;;;;;;;;;;;;;;;;;;;;;;;;;;;;;;;;;;;;;;;;;;;;;;;;;;;;;;/t20-;;;;;;;;;;;;;;;;;;;;;;;;;;;;;;;;;;;;;;;;;;;;;;;;;;;;;;;;;;;;;;;;;;;;;;;;;;;;;;;;;;;;;;;;;;;;;;;;;;;;;;;;;;;;;;;;;;;;;/m1...................................................................................................................../s1/i15D;5*1+1D;;;;;;;;;;;;;;;;;;;;;;;;;;;;;;;;;;;;;;;;;;;;;;;;;;;;;;;;;;;;;;;;;;;;;;;;;;;;;;;;;;;;;;;;;;;;;;;;;;;;;;;;;;;;;;;;. The van der Waals surface area contributed by atoms with Gasteiger partial charge in [-0.3, -0.25) is 9.69 Å². The molecule has 404 valence electrons. The van der Waals surface area contributed by atoms with Crippen LogP contribution >= 0.6 is 22.7 Å². The Balaban J connectivity index is -0.00000000108. The Morgan fingerprint density at radius 3 is 2.71 bits per heavy atom. The molecule has 5 heteroatoms. The van der Waals surface area contributed by atoms with Gasteiger partial charge in [-0.2, -0.15) is 0 Å². The van der Waals surface area contributed by atoms with Crippen LogP contribution in [-0.4, -0.2) is 34.6 Å². The summed E-state index contributed by atoms with van der Waals surface area (Å²) < 4.78 is 58.5. The van der Waals surface area contributed by atoms with Crippen molar-refractivity contribution in [1.82, 2.24) is 4.90 Å². The molecule has 0 saturated carbocycles. The van der Waals surface area contributed by atoms with Crippen molar-refractivity contribution < 1.29 is 186 Å². The second-order valence-electron chi connectivity index (χ2n) is 9.83. The van der Waals surface area contributed by atoms with Gasteiger partial charge in [-0.25, -0.2) is 0 Å². The van der Waals surface area contributed by atoms with Crippen LogP contribution in [0, 0.1) is 26.7 Å². The Morgan fingerprint density at radius 1 is 1.42 bits per heavy atom. The monoisotopic (exact) mass is 706 g/mol. The normalized spacial score (nSPS) is 21.6. The predicted octanol–water partition coefficient (Wildman–Crippen LogP) is 36.0. The zero-order valence-corrected chi connectivity index (χ0v) is 21.6. The minimum atomic E-state index is -0.676. The first-order valence-electron chi connectivity index (χ1n) is 16.8. The summed E-state index contributed by atoms with van der Waals surface area (Å²) in [7, 11) is 0. The van der Waals surface area contributed by atoms with Crippen molar-refractivity contribution >= 4 is 34.2 Å². The zero-order chi connectivity index (χ0) is 33.8. The number of carboxylic acid groups (broad SMARTS) is 1. The molecular formula is C26H271NO2S2. The maximum Gasteiger partial charge on any atom is 0.307 e. The number of hydrogen-bond acceptors (Lipinski definition) is 4. The van der Waals surface area contributed by atoms with E-state index in [9.17, 15) is 9.90 Å². The van der Waals surface area contributed by atoms with Gasteiger partial charge in [0.25, 0.3) is 0 Å². The van der Waals surface area contributed by atoms with Gasteiger partial charge in [0.2, 0.25) is 0 Å². The number of hydrogen-bond donors (Lipinski definition) is 1. The number of likely N-dealkylation sites (tertiary alicyclic amines) is 1. The molecule has 1 aliphatic heterocycles. The molecule has 3 nitrogen and oxygen atoms in total. The predicted molar refractivity (Wildman–Crippen MR) is 382 cm³/mol. The Kier molecular flexibility index (Phi) is 5.29. The van der Waals surface area contributed by atoms with Gasteiger partial charge in [-0.1, -0.05) is 19.9 Å². The fraction of sp³-hybridized carbons (Fsp3) is 0.577. The molecule has 1 atom stereocenters. The average molecular weight is 707 g/mol. The third kappa shape index (κ3) is 5.32. The Labute approximate surface area is 378 Å². The van der Waals surface area contributed by atoms with Crippen LogP contribution in [0.1, 0.15) is 260 Å². The molecule has 31 heavy (non-hydrogen) atoms. The molecule has 2 aromatic heterocycles. The highest BCUT2D eigenvalue weighted by Crippen LogP contribution is 2.41. The maximum absolute atomic E-state index is 11.6. The van der Waals surface area contributed by atoms with E-state index in [1.807, 2.05) is 11.3 Å². The molecular weight excluding hydrogens is 422 g/mol. The number of carbonyl (C=O) groups is 1. The molecule has 1 saturated heterocycles. The largest absolute Gasteiger partial charge is 0.481 e. The lowest BCUT2D eigenvalue weighted by atomic mass is 9.84. The van der Waals surface area contributed by atoms with Gasteiger partial charge < -0.3 is 5.11 Å². The van der Waals surface area contributed by atoms with Crippen molar-refractivity contribution in [2.45, 2.75) is 79.2 Å². The van der Waals surface area contributed by atoms with Gasteiger partial charge in [-0.15, -0.1) is 22.7 Å². The van der Waals surface area contributed by atoms with Crippen LogP contribution in [0.2, 0.25) is 0 Å². The molecule has 0 aliphatic carbocycles. The van der Waals surface area contributed by atoms with Crippen LogP contribution in [0.15, 0.2) is 17.5 Å². The van der Waals surface area contributed by atoms with Gasteiger partial charge in [0.15, 0.2) is 0 Å². The summed E-state index contributed by atoms with van der Waals surface area (Å²) in [5.41, 5.74) is 4.95. The first kappa shape index (κ1) is 17.1. The maximum atomic E-state index is 11.6. The third-order valence-corrected chi connectivity index (χ3v) is 8.80. The second kappa shape index (κ2) is 9.60. The van der Waals surface area contributed by atoms with Crippen LogP contribution in [0.4, 0.5) is 0 Å². The summed E-state index contributed by atoms with van der Waals surface area (Å²) >= 11 is 3.42. The van der Waals surface area contributed by atoms with Gasteiger partial charge in [0, 0.05) is 213 Å². The first-order valence-corrected chi connectivity index (χ1v) is 12.9. The van der Waals surface area contributed by atoms with Crippen molar-refractivity contribution in [3.05, 3.63) is 48.8 Å². The fourth-order valence-corrected chi connectivity index (χ4v) is 7.05. The Morgan fingerprint density at radius 2 is 2.13 bits per heavy atom. The summed E-state index contributed by atoms with van der Waals surface area (Å²) in [5.74, 6) is -0.584. The lowest BCUT2D eigenvalue weighted by Gasteiger charge is -2.44. The molecule has 3 rings (SSSR count). The number of nitrogens with zero attached hydrogens (tertiary/aromatic N) is 1. The van der Waals surface area contributed by atoms with E-state index < -0.39 is 5.97 Å². The number of carboxylic acids is 1. The smallest absolute Gasteiger partial charge is 0.307 e. The minimum absolute atomic E-state index is 0. The van der Waals surface area contributed by atoms with Crippen molar-refractivity contribution in [3.8, 4) is 0 Å². The molecule has 2 aromatic rings. The summed E-state index contributed by atoms with van der Waals surface area (Å²) in [6.45, 7) is 16.8. The van der Waals surface area contributed by atoms with Crippen LogP contribution in [-0.2, 0) is 4.79 Å². The summed E-state index contributed by atoms with van der Waals surface area (Å²) in [6.07, 6.45) is 4.87. The third-order valence-electron chi connectivity index (χ3n) is 6.56. The van der Waals surface area contributed by atoms with Crippen molar-refractivity contribution in [1.29, 1.82) is 0 Å². The van der Waals surface area contributed by atoms with Crippen LogP contribution < -0.4 is 0 Å². The molecule has 0 amide bonds. The number of aliphatic carboxylic acids is 1. The molecule has 0 unspecified atom stereocenters. The number of aryl methyl sites for hydroxylation is 2. The Bertz CT molecular complexity index is 1120. The van der Waals surface area contributed by atoms with Gasteiger partial charge >= 0.3 is 5.97 Å². The minimum Gasteiger partial charge on any atom is -0.481 e. The summed E-state index contributed by atoms with van der Waals surface area (Å²) in [6, 6.07) is 2.25. The first-order chi connectivity index (χ1) is 19.9. The molecule has 0 aromatic carbocycles. The van der Waals surface area contributed by atoms with E-state index in [0.29, 0.717) is 17.8 Å². The zero-order valence-electron chi connectivity index (χ0n) is 31.0. The van der Waals surface area contributed by atoms with Crippen LogP contribution in [0.3, 0.4) is 0 Å². The molecule has 1 aliphatic rings. The molecule has 3 heterocycles. The van der Waals surface area contributed by atoms with E-state index in [1.54, 1.807) is 11.3 Å². The van der Waals surface area contributed by atoms with Gasteiger partial charge in [-0.05, 0) is 87.9 Å². The second-order valence-corrected chi connectivity index (χ2v) is 11.9. The lowest BCUT2D eigenvalue weighted by molar-refractivity contribution is -0.145. The highest BCUT2D eigenvalue weighted by atomic mass is 32.1. The van der Waals surface area contributed by atoms with E-state index in [4.69, 9.17) is 16.2 Å². The van der Waals surface area contributed by atoms with Crippen molar-refractivity contribution in [2.75, 3.05) is 13.1 Å². The van der Waals surface area contributed by atoms with E-state index >= 15 is 0 Å². The van der Waals surface area contributed by atoms with E-state index in [-0.39, 0.29) is 171 Å². The molecule has 1 N–H and O–H groups in total. The van der Waals surface area contributed by atoms with Crippen LogP contribution in [0.25, 0.3) is 5.57 Å². The highest BCUT2D eigenvalue weighted by molar-refractivity contribution is 7.15. The summed E-state index contributed by atoms with van der Waals surface area (Å²) in [4.78, 5) is 17.8. The van der Waals surface area contributed by atoms with Gasteiger partial charge in [0.05, 0.1) is 7.29 Å². The van der Waals surface area contributed by atoms with Gasteiger partial charge in [0.1, 0.15) is 0 Å². The lowest BCUT2D eigenvalue weighted by Crippen LogP contribution is -2.52. The average Bonchev–Trinajstić information content (AvgIpc) is 3.48. The quantitative estimate of drug-likeness (QED) is 0.312. The van der Waals surface area contributed by atoms with E-state index in [2.05, 4.69) is 65.5 Å². The Hall–Kier alpha value is -1.43. The van der Waals surface area contributed by atoms with Crippen LogP contribution in [0.5, 0.6) is 0 Å². The van der Waals surface area contributed by atoms with Crippen molar-refractivity contribution in [2.24, 2.45) is 5.92 Å². The molecule has 0 bridgehead atoms. The SMILES string of the molecule is [2H][2H].[2H][2H].[2H][2H].[2H][2H].[2H][2H].[2H]c1sc(/C(=C\CCN2C[C@H](C(=O)O)CCC2(C)C)c2sc(C)cc2C)c(C(C)C)c1C.[HH].[HH].[HH].[HH].[HH].[HH].[HH].[HH].[HH].[HH].[HH].[HH].[HH].[HH].[HH].[HH].[HH].[HH].[HH].[HH].[HH].[HH].[HH].[HH].[HH].[HH].[HH].[HH].[HH].[HH].[HH].[HH].[HH].[HH].[HH].[HH].[HH].[HH].[HH].[HH].[HH].[HH].[HH].[HH].[HH].[HH].[HH].[HH].[HH].[HH].[HH].[HH].[HH].[HH].[HH].[HH].[HH].[HH].[HH].[HH].[HH].[HH].[HH].[HH].[HH].[HH].[HH].[HH].[HH].[HH].[HH].[HH].[HH].[HH].[HH].[HH].[HH].[HH].[HH].[HH].[HH].[HH].[HH].[HH].[HH].[HH].[HH].[HH].[HH].[HH].[HH].[HH].[HH].[HH].[HH].[HH].[HH].[HH].[HH].[HH].[HH].[HH].[HH].[HH].[HH].[HH].[HH].[HH].[HH].[HH].[HH].[HH]. The molecule has 0 radical (unpaired) electrons. The summed E-state index contributed by atoms with van der Waals surface area (Å²) in [5, 5.41) is 10.2. The van der Waals surface area contributed by atoms with E-state index in [0.717, 1.165) is 31.4 Å². The number of thiophene rings is 2.